The highest BCUT2D eigenvalue weighted by molar-refractivity contribution is 14.0. The van der Waals surface area contributed by atoms with E-state index in [1.54, 1.807) is 25.2 Å². The number of guanidine groups is 1. The highest BCUT2D eigenvalue weighted by Crippen LogP contribution is 2.08. The molecule has 1 aromatic carbocycles. The molecule has 0 bridgehead atoms. The Morgan fingerprint density at radius 3 is 2.50 bits per heavy atom. The van der Waals surface area contributed by atoms with E-state index in [2.05, 4.69) is 20.6 Å². The number of rotatable bonds is 4. The lowest BCUT2D eigenvalue weighted by Gasteiger charge is -2.11. The largest absolute Gasteiger partial charge is 0.444 e. The van der Waals surface area contributed by atoms with E-state index in [1.165, 1.54) is 6.07 Å². The Labute approximate surface area is 146 Å². The molecule has 2 aromatic rings. The summed E-state index contributed by atoms with van der Waals surface area (Å²) in [5.74, 6) is 1.73. The Bertz CT molecular complexity index is 623. The van der Waals surface area contributed by atoms with Crippen molar-refractivity contribution in [2.24, 2.45) is 4.99 Å². The summed E-state index contributed by atoms with van der Waals surface area (Å²) < 4.78 is 19.0. The van der Waals surface area contributed by atoms with Crippen molar-refractivity contribution < 1.29 is 8.81 Å². The van der Waals surface area contributed by atoms with Crippen LogP contribution in [0.3, 0.4) is 0 Å². The van der Waals surface area contributed by atoms with E-state index >= 15 is 0 Å². The third-order valence-corrected chi connectivity index (χ3v) is 3.11. The molecule has 22 heavy (non-hydrogen) atoms. The van der Waals surface area contributed by atoms with Gasteiger partial charge in [-0.1, -0.05) is 18.2 Å². The van der Waals surface area contributed by atoms with Gasteiger partial charge in [0, 0.05) is 19.2 Å². The Morgan fingerprint density at radius 2 is 1.91 bits per heavy atom. The summed E-state index contributed by atoms with van der Waals surface area (Å²) >= 11 is 0. The normalized spacial score (nSPS) is 11.0. The Kier molecular flexibility index (Phi) is 7.30. The topological polar surface area (TPSA) is 62.5 Å². The first-order chi connectivity index (χ1) is 10.1. The number of aliphatic imine (C=N–C) groups is 1. The first kappa shape index (κ1) is 18.4. The third kappa shape index (κ3) is 4.97. The van der Waals surface area contributed by atoms with Crippen LogP contribution in [0, 0.1) is 19.7 Å². The van der Waals surface area contributed by atoms with Crippen molar-refractivity contribution in [1.82, 2.24) is 15.6 Å². The molecule has 0 unspecified atom stereocenters. The van der Waals surface area contributed by atoms with Gasteiger partial charge < -0.3 is 15.1 Å². The van der Waals surface area contributed by atoms with E-state index in [9.17, 15) is 4.39 Å². The van der Waals surface area contributed by atoms with Crippen LogP contribution in [0.4, 0.5) is 4.39 Å². The molecule has 0 aliphatic carbocycles. The van der Waals surface area contributed by atoms with Crippen molar-refractivity contribution in [3.63, 3.8) is 0 Å². The number of oxazole rings is 1. The maximum absolute atomic E-state index is 13.5. The van der Waals surface area contributed by atoms with Crippen molar-refractivity contribution in [2.45, 2.75) is 26.9 Å². The fourth-order valence-electron chi connectivity index (χ4n) is 1.82. The number of nitrogens with zero attached hydrogens (tertiary/aromatic N) is 2. The molecule has 2 rings (SSSR count). The van der Waals surface area contributed by atoms with Gasteiger partial charge in [-0.25, -0.2) is 9.37 Å². The molecule has 0 radical (unpaired) electrons. The number of aromatic nitrogens is 1. The molecule has 2 N–H and O–H groups in total. The fraction of sp³-hybridized carbons (Fsp3) is 0.333. The zero-order valence-corrected chi connectivity index (χ0v) is 15.1. The van der Waals surface area contributed by atoms with E-state index in [1.807, 2.05) is 13.8 Å². The Morgan fingerprint density at radius 1 is 1.23 bits per heavy atom. The van der Waals surface area contributed by atoms with Crippen molar-refractivity contribution >= 4 is 29.9 Å². The Hall–Kier alpha value is -1.64. The van der Waals surface area contributed by atoms with Gasteiger partial charge in [-0.15, -0.1) is 24.0 Å². The average Bonchev–Trinajstić information content (AvgIpc) is 2.79. The minimum atomic E-state index is -0.237. The van der Waals surface area contributed by atoms with Crippen LogP contribution in [-0.4, -0.2) is 18.0 Å². The number of aryl methyl sites for hydroxylation is 2. The van der Waals surface area contributed by atoms with Crippen molar-refractivity contribution in [3.8, 4) is 0 Å². The number of nitrogens with one attached hydrogen (secondary N) is 2. The molecule has 1 heterocycles. The van der Waals surface area contributed by atoms with Gasteiger partial charge in [-0.3, -0.25) is 4.99 Å². The minimum absolute atomic E-state index is 0. The SMILES string of the molecule is CN=C(NCc1nc(C)c(C)o1)NCc1ccccc1F.I. The average molecular weight is 418 g/mol. The fourth-order valence-corrected chi connectivity index (χ4v) is 1.82. The molecule has 0 saturated carbocycles. The summed E-state index contributed by atoms with van der Waals surface area (Å²) in [4.78, 5) is 8.36. The van der Waals surface area contributed by atoms with Crippen molar-refractivity contribution in [2.75, 3.05) is 7.05 Å². The Balaban J connectivity index is 0.00000242. The lowest BCUT2D eigenvalue weighted by molar-refractivity contribution is 0.463. The van der Waals surface area contributed by atoms with Gasteiger partial charge >= 0.3 is 0 Å². The van der Waals surface area contributed by atoms with E-state index in [0.717, 1.165) is 11.5 Å². The molecular weight excluding hydrogens is 398 g/mol. The maximum atomic E-state index is 13.5. The maximum Gasteiger partial charge on any atom is 0.214 e. The molecule has 7 heteroatoms. The quantitative estimate of drug-likeness (QED) is 0.456. The van der Waals surface area contributed by atoms with Crippen LogP contribution >= 0.6 is 24.0 Å². The summed E-state index contributed by atoms with van der Waals surface area (Å²) in [5.41, 5.74) is 1.46. The van der Waals surface area contributed by atoms with E-state index in [-0.39, 0.29) is 29.8 Å². The van der Waals surface area contributed by atoms with E-state index < -0.39 is 0 Å². The van der Waals surface area contributed by atoms with Gasteiger partial charge in [0.05, 0.1) is 12.2 Å². The summed E-state index contributed by atoms with van der Waals surface area (Å²) in [6.45, 7) is 4.55. The molecule has 120 valence electrons. The zero-order chi connectivity index (χ0) is 15.2. The highest BCUT2D eigenvalue weighted by atomic mass is 127. The first-order valence-electron chi connectivity index (χ1n) is 6.71. The molecule has 5 nitrogen and oxygen atoms in total. The number of halogens is 2. The van der Waals surface area contributed by atoms with E-state index in [4.69, 9.17) is 4.42 Å². The second-order valence-corrected chi connectivity index (χ2v) is 4.62. The zero-order valence-electron chi connectivity index (χ0n) is 12.8. The second kappa shape index (κ2) is 8.72. The molecule has 0 aliphatic heterocycles. The van der Waals surface area contributed by atoms with Crippen molar-refractivity contribution in [1.29, 1.82) is 0 Å². The van der Waals surface area contributed by atoms with Gasteiger partial charge in [0.25, 0.3) is 0 Å². The summed E-state index contributed by atoms with van der Waals surface area (Å²) in [5, 5.41) is 6.12. The van der Waals surface area contributed by atoms with Crippen molar-refractivity contribution in [3.05, 3.63) is 53.0 Å². The van der Waals surface area contributed by atoms with Crippen LogP contribution in [-0.2, 0) is 13.1 Å². The van der Waals surface area contributed by atoms with Gasteiger partial charge in [0.1, 0.15) is 11.6 Å². The van der Waals surface area contributed by atoms with E-state index in [0.29, 0.717) is 30.5 Å². The summed E-state index contributed by atoms with van der Waals surface area (Å²) in [6, 6.07) is 6.63. The highest BCUT2D eigenvalue weighted by Gasteiger charge is 2.07. The summed E-state index contributed by atoms with van der Waals surface area (Å²) in [6.07, 6.45) is 0. The third-order valence-electron chi connectivity index (χ3n) is 3.11. The number of benzene rings is 1. The summed E-state index contributed by atoms with van der Waals surface area (Å²) in [7, 11) is 1.66. The lowest BCUT2D eigenvalue weighted by atomic mass is 10.2. The molecule has 0 amide bonds. The van der Waals surface area contributed by atoms with Crippen LogP contribution in [0.2, 0.25) is 0 Å². The molecule has 0 spiro atoms. The number of hydrogen-bond acceptors (Lipinski definition) is 3. The van der Waals surface area contributed by atoms with Crippen LogP contribution < -0.4 is 10.6 Å². The van der Waals surface area contributed by atoms with Gasteiger partial charge in [0.15, 0.2) is 5.96 Å². The molecule has 0 fully saturated rings. The molecule has 0 aliphatic rings. The standard InChI is InChI=1S/C15H19FN4O.HI/c1-10-11(2)21-14(20-10)9-19-15(17-3)18-8-12-6-4-5-7-13(12)16;/h4-7H,8-9H2,1-3H3,(H2,17,18,19);1H. The molecule has 1 aromatic heterocycles. The predicted octanol–water partition coefficient (Wildman–Crippen LogP) is 2.91. The smallest absolute Gasteiger partial charge is 0.214 e. The minimum Gasteiger partial charge on any atom is -0.444 e. The van der Waals surface area contributed by atoms with Gasteiger partial charge in [-0.05, 0) is 19.9 Å². The van der Waals surface area contributed by atoms with Gasteiger partial charge in [-0.2, -0.15) is 0 Å². The predicted molar refractivity (Wildman–Crippen MR) is 94.8 cm³/mol. The molecular formula is C15H20FIN4O. The van der Waals surface area contributed by atoms with Gasteiger partial charge in [0.2, 0.25) is 5.89 Å². The molecule has 0 saturated heterocycles. The monoisotopic (exact) mass is 418 g/mol. The first-order valence-corrected chi connectivity index (χ1v) is 6.71. The van der Waals surface area contributed by atoms with Crippen LogP contribution in [0.1, 0.15) is 22.9 Å². The second-order valence-electron chi connectivity index (χ2n) is 4.62. The van der Waals surface area contributed by atoms with Crippen LogP contribution in [0.5, 0.6) is 0 Å². The lowest BCUT2D eigenvalue weighted by Crippen LogP contribution is -2.36. The van der Waals surface area contributed by atoms with Crippen LogP contribution in [0.15, 0.2) is 33.7 Å². The number of hydrogen-bond donors (Lipinski definition) is 2. The molecule has 0 atom stereocenters. The van der Waals surface area contributed by atoms with Crippen LogP contribution in [0.25, 0.3) is 0 Å².